The smallest absolute Gasteiger partial charge is 0.307 e. The number of aliphatic carboxylic acids is 1. The zero-order chi connectivity index (χ0) is 23.3. The summed E-state index contributed by atoms with van der Waals surface area (Å²) in [6.45, 7) is 1.72. The topological polar surface area (TPSA) is 105 Å². The van der Waals surface area contributed by atoms with Gasteiger partial charge in [-0.05, 0) is 42.3 Å². The minimum absolute atomic E-state index is 0.0180. The van der Waals surface area contributed by atoms with Crippen LogP contribution in [0.25, 0.3) is 0 Å². The highest BCUT2D eigenvalue weighted by molar-refractivity contribution is 6.30. The first-order chi connectivity index (χ1) is 15.2. The van der Waals surface area contributed by atoms with E-state index in [1.54, 1.807) is 37.4 Å². The molecule has 2 aromatic rings. The van der Waals surface area contributed by atoms with Gasteiger partial charge < -0.3 is 25.0 Å². The first-order valence-electron chi connectivity index (χ1n) is 10.4. The van der Waals surface area contributed by atoms with Gasteiger partial charge in [-0.3, -0.25) is 9.59 Å². The second-order valence-electron chi connectivity index (χ2n) is 8.30. The van der Waals surface area contributed by atoms with Crippen molar-refractivity contribution >= 4 is 23.5 Å². The van der Waals surface area contributed by atoms with Gasteiger partial charge in [-0.25, -0.2) is 0 Å². The van der Waals surface area contributed by atoms with Crippen LogP contribution in [0.2, 0.25) is 5.02 Å². The van der Waals surface area contributed by atoms with Crippen LogP contribution in [-0.2, 0) is 20.7 Å². The third kappa shape index (κ3) is 6.00. The summed E-state index contributed by atoms with van der Waals surface area (Å²) in [5.41, 5.74) is 1.67. The number of methoxy groups -OCH3 is 1. The minimum Gasteiger partial charge on any atom is -0.496 e. The fourth-order valence-corrected chi connectivity index (χ4v) is 4.30. The van der Waals surface area contributed by atoms with Crippen molar-refractivity contribution in [2.75, 3.05) is 13.7 Å². The highest BCUT2D eigenvalue weighted by Crippen LogP contribution is 2.46. The van der Waals surface area contributed by atoms with Crippen molar-refractivity contribution in [1.29, 1.82) is 0 Å². The highest BCUT2D eigenvalue weighted by Gasteiger charge is 2.41. The van der Waals surface area contributed by atoms with Gasteiger partial charge in [0.15, 0.2) is 0 Å². The van der Waals surface area contributed by atoms with E-state index < -0.39 is 17.6 Å². The molecule has 1 aliphatic rings. The monoisotopic (exact) mass is 461 g/mol. The van der Waals surface area contributed by atoms with Crippen molar-refractivity contribution in [1.82, 2.24) is 5.32 Å². The molecular formula is C24H28ClNO6. The maximum Gasteiger partial charge on any atom is 0.307 e. The average Bonchev–Trinajstić information content (AvgIpc) is 2.73. The van der Waals surface area contributed by atoms with E-state index in [1.165, 1.54) is 0 Å². The van der Waals surface area contributed by atoms with Crippen LogP contribution in [0.3, 0.4) is 0 Å². The number of hydrogen-bond acceptors (Lipinski definition) is 5. The number of carbonyl (C=O) groups is 2. The van der Waals surface area contributed by atoms with Gasteiger partial charge in [0.25, 0.3) is 0 Å². The van der Waals surface area contributed by atoms with Crippen LogP contribution in [0.5, 0.6) is 5.75 Å². The van der Waals surface area contributed by atoms with Gasteiger partial charge in [0.1, 0.15) is 5.75 Å². The Kier molecular flexibility index (Phi) is 7.77. The summed E-state index contributed by atoms with van der Waals surface area (Å²) in [7, 11) is 1.55. The van der Waals surface area contributed by atoms with Gasteiger partial charge in [0, 0.05) is 35.4 Å². The number of nitrogens with one attached hydrogen (secondary N) is 1. The summed E-state index contributed by atoms with van der Waals surface area (Å²) >= 11 is 6.05. The van der Waals surface area contributed by atoms with Gasteiger partial charge in [0.2, 0.25) is 5.91 Å². The molecule has 1 saturated heterocycles. The van der Waals surface area contributed by atoms with Crippen LogP contribution in [-0.4, -0.2) is 41.3 Å². The first-order valence-corrected chi connectivity index (χ1v) is 10.8. The zero-order valence-electron chi connectivity index (χ0n) is 18.1. The molecule has 3 rings (SSSR count). The van der Waals surface area contributed by atoms with E-state index in [9.17, 15) is 14.7 Å². The van der Waals surface area contributed by atoms with E-state index >= 15 is 0 Å². The Balaban J connectivity index is 1.99. The fourth-order valence-electron chi connectivity index (χ4n) is 4.18. The Bertz CT molecular complexity index is 963. The molecule has 7 nitrogen and oxygen atoms in total. The number of rotatable bonds is 8. The summed E-state index contributed by atoms with van der Waals surface area (Å²) in [4.78, 5) is 23.5. The maximum atomic E-state index is 12.3. The lowest BCUT2D eigenvalue weighted by atomic mass is 9.81. The predicted octanol–water partition coefficient (Wildman–Crippen LogP) is 3.83. The summed E-state index contributed by atoms with van der Waals surface area (Å²) in [6.07, 6.45) is 0.102. The number of carbonyl (C=O) groups excluding carboxylic acids is 1. The van der Waals surface area contributed by atoms with Gasteiger partial charge >= 0.3 is 5.97 Å². The highest BCUT2D eigenvalue weighted by atomic mass is 35.5. The number of carboxylic acid groups (broad SMARTS) is 1. The summed E-state index contributed by atoms with van der Waals surface area (Å²) in [6, 6.07) is 12.6. The molecule has 0 radical (unpaired) electrons. The molecule has 8 heteroatoms. The first kappa shape index (κ1) is 24.0. The molecule has 0 spiro atoms. The third-order valence-electron chi connectivity index (χ3n) is 5.62. The maximum absolute atomic E-state index is 12.3. The number of amides is 1. The number of hydrogen-bond donors (Lipinski definition) is 3. The minimum atomic E-state index is -0.925. The average molecular weight is 462 g/mol. The molecular weight excluding hydrogens is 434 g/mol. The van der Waals surface area contributed by atoms with Crippen LogP contribution in [0, 0.1) is 0 Å². The van der Waals surface area contributed by atoms with Crippen LogP contribution >= 0.6 is 11.6 Å². The number of aliphatic hydroxyl groups excluding tert-OH is 1. The van der Waals surface area contributed by atoms with Gasteiger partial charge in [0.05, 0.1) is 32.3 Å². The molecule has 1 heterocycles. The number of aliphatic hydroxyl groups is 1. The van der Waals surface area contributed by atoms with Crippen LogP contribution in [0.4, 0.5) is 0 Å². The molecule has 0 saturated carbocycles. The van der Waals surface area contributed by atoms with E-state index in [0.29, 0.717) is 29.2 Å². The summed E-state index contributed by atoms with van der Waals surface area (Å²) < 4.78 is 12.0. The second kappa shape index (κ2) is 10.3. The molecule has 1 amide bonds. The molecule has 3 atom stereocenters. The van der Waals surface area contributed by atoms with E-state index in [4.69, 9.17) is 26.2 Å². The SMILES string of the molecule is COc1ccc(CC(=O)O)cc1[C@H]1C[C@@](C)(NC(=O)CCO)C[C@@H](c2ccc(Cl)cc2)O1. The predicted molar refractivity (Wildman–Crippen MR) is 120 cm³/mol. The van der Waals surface area contributed by atoms with Crippen molar-refractivity contribution in [2.45, 2.75) is 50.4 Å². The van der Waals surface area contributed by atoms with Gasteiger partial charge in [-0.2, -0.15) is 0 Å². The van der Waals surface area contributed by atoms with E-state index in [0.717, 1.165) is 11.1 Å². The van der Waals surface area contributed by atoms with Crippen molar-refractivity contribution in [3.63, 3.8) is 0 Å². The Labute approximate surface area is 192 Å². The summed E-state index contributed by atoms with van der Waals surface area (Å²) in [5, 5.41) is 22.0. The fraction of sp³-hybridized carbons (Fsp3) is 0.417. The molecule has 172 valence electrons. The standard InChI is InChI=1S/C24H28ClNO6/c1-24(26-22(28)9-10-27)13-20(16-4-6-17(25)7-5-16)32-21(14-24)18-11-15(12-23(29)30)3-8-19(18)31-2/h3-8,11,20-21,27H,9-10,12-14H2,1-2H3,(H,26,28)(H,29,30)/t20-,21+,24-/m0/s1. The number of benzene rings is 2. The second-order valence-corrected chi connectivity index (χ2v) is 8.74. The number of ether oxygens (including phenoxy) is 2. The largest absolute Gasteiger partial charge is 0.496 e. The van der Waals surface area contributed by atoms with E-state index in [1.807, 2.05) is 19.1 Å². The lowest BCUT2D eigenvalue weighted by Crippen LogP contribution is -2.51. The van der Waals surface area contributed by atoms with Crippen molar-refractivity contribution in [2.24, 2.45) is 0 Å². The lowest BCUT2D eigenvalue weighted by molar-refractivity contribution is -0.136. The number of carboxylic acids is 1. The quantitative estimate of drug-likeness (QED) is 0.552. The Morgan fingerprint density at radius 2 is 1.88 bits per heavy atom. The molecule has 0 aliphatic carbocycles. The Morgan fingerprint density at radius 3 is 2.50 bits per heavy atom. The Hall–Kier alpha value is -2.61. The van der Waals surface area contributed by atoms with Crippen molar-refractivity contribution < 1.29 is 29.3 Å². The van der Waals surface area contributed by atoms with Crippen LogP contribution in [0.15, 0.2) is 42.5 Å². The summed E-state index contributed by atoms with van der Waals surface area (Å²) in [5.74, 6) is -0.576. The molecule has 1 fully saturated rings. The molecule has 32 heavy (non-hydrogen) atoms. The van der Waals surface area contributed by atoms with Gasteiger partial charge in [-0.1, -0.05) is 29.8 Å². The normalized spacial score (nSPS) is 22.9. The van der Waals surface area contributed by atoms with Crippen molar-refractivity contribution in [3.8, 4) is 5.75 Å². The van der Waals surface area contributed by atoms with Gasteiger partial charge in [-0.15, -0.1) is 0 Å². The van der Waals surface area contributed by atoms with Crippen molar-refractivity contribution in [3.05, 3.63) is 64.2 Å². The molecule has 3 N–H and O–H groups in total. The zero-order valence-corrected chi connectivity index (χ0v) is 18.9. The van der Waals surface area contributed by atoms with E-state index in [-0.39, 0.29) is 31.5 Å². The molecule has 0 bridgehead atoms. The molecule has 0 aromatic heterocycles. The molecule has 2 aromatic carbocycles. The molecule has 0 unspecified atom stereocenters. The lowest BCUT2D eigenvalue weighted by Gasteiger charge is -2.43. The Morgan fingerprint density at radius 1 is 1.19 bits per heavy atom. The third-order valence-corrected chi connectivity index (χ3v) is 5.87. The number of halogens is 1. The van der Waals surface area contributed by atoms with Crippen LogP contribution < -0.4 is 10.1 Å². The van der Waals surface area contributed by atoms with E-state index in [2.05, 4.69) is 5.32 Å². The van der Waals surface area contributed by atoms with Crippen LogP contribution in [0.1, 0.15) is 55.1 Å². The molecule has 1 aliphatic heterocycles.